The molecule has 0 aliphatic rings. The topological polar surface area (TPSA) is 90.1 Å². The molecule has 1 amide bonds. The van der Waals surface area contributed by atoms with E-state index in [-0.39, 0.29) is 5.56 Å². The molecule has 7 nitrogen and oxygen atoms in total. The van der Waals surface area contributed by atoms with Crippen LogP contribution >= 0.6 is 0 Å². The first kappa shape index (κ1) is 15.4. The Morgan fingerprint density at radius 3 is 2.33 bits per heavy atom. The largest absolute Gasteiger partial charge is 0.402 e. The number of hydrogen-bond acceptors (Lipinski definition) is 4. The summed E-state index contributed by atoms with van der Waals surface area (Å²) in [5.41, 5.74) is 2.56. The highest BCUT2D eigenvalue weighted by molar-refractivity contribution is 6.06. The maximum atomic E-state index is 12.2. The first-order valence-electron chi connectivity index (χ1n) is 7.19. The summed E-state index contributed by atoms with van der Waals surface area (Å²) in [6, 6.07) is 17.1. The number of amides is 1. The standard InChI is InChI=1S/C17H14N4O3/c1-20-11-15(16(19-20)21(23)24)17(22)18-14-9-7-13(8-10-14)12-5-3-2-4-6-12/h2-11H,1H3,(H,18,22). The van der Waals surface area contributed by atoms with Gasteiger partial charge < -0.3 is 15.4 Å². The Morgan fingerprint density at radius 2 is 1.71 bits per heavy atom. The van der Waals surface area contributed by atoms with Crippen LogP contribution in [0.5, 0.6) is 0 Å². The van der Waals surface area contributed by atoms with Gasteiger partial charge in [0, 0.05) is 5.69 Å². The Kier molecular flexibility index (Phi) is 4.07. The molecule has 0 spiro atoms. The fraction of sp³-hybridized carbons (Fsp3) is 0.0588. The van der Waals surface area contributed by atoms with Crippen LogP contribution in [0.3, 0.4) is 0 Å². The molecule has 0 aliphatic heterocycles. The van der Waals surface area contributed by atoms with E-state index < -0.39 is 16.6 Å². The van der Waals surface area contributed by atoms with Crippen LogP contribution in [0.2, 0.25) is 0 Å². The first-order valence-corrected chi connectivity index (χ1v) is 7.19. The van der Waals surface area contributed by atoms with Crippen molar-refractivity contribution in [1.82, 2.24) is 9.78 Å². The van der Waals surface area contributed by atoms with Gasteiger partial charge in [-0.2, -0.15) is 4.68 Å². The van der Waals surface area contributed by atoms with E-state index in [0.717, 1.165) is 11.1 Å². The SMILES string of the molecule is Cn1cc(C(=O)Nc2ccc(-c3ccccc3)cc2)c([N+](=O)[O-])n1. The van der Waals surface area contributed by atoms with Gasteiger partial charge in [-0.15, -0.1) is 0 Å². The van der Waals surface area contributed by atoms with Gasteiger partial charge in [0.2, 0.25) is 0 Å². The van der Waals surface area contributed by atoms with Crippen LogP contribution in [0.4, 0.5) is 11.5 Å². The van der Waals surface area contributed by atoms with Gasteiger partial charge in [0.25, 0.3) is 5.91 Å². The highest BCUT2D eigenvalue weighted by Crippen LogP contribution is 2.22. The van der Waals surface area contributed by atoms with Crippen LogP contribution in [0.25, 0.3) is 11.1 Å². The maximum absolute atomic E-state index is 12.2. The number of benzene rings is 2. The van der Waals surface area contributed by atoms with E-state index >= 15 is 0 Å². The van der Waals surface area contributed by atoms with Gasteiger partial charge in [-0.3, -0.25) is 4.79 Å². The predicted molar refractivity (Wildman–Crippen MR) is 89.7 cm³/mol. The summed E-state index contributed by atoms with van der Waals surface area (Å²) >= 11 is 0. The first-order chi connectivity index (χ1) is 11.5. The molecule has 3 rings (SSSR count). The smallest absolute Gasteiger partial charge is 0.358 e. The van der Waals surface area contributed by atoms with Crippen LogP contribution in [-0.2, 0) is 7.05 Å². The number of hydrogen-bond donors (Lipinski definition) is 1. The molecule has 0 radical (unpaired) electrons. The highest BCUT2D eigenvalue weighted by atomic mass is 16.6. The Bertz CT molecular complexity index is 886. The third-order valence-electron chi connectivity index (χ3n) is 3.48. The molecule has 0 saturated heterocycles. The number of anilines is 1. The van der Waals surface area contributed by atoms with Crippen molar-refractivity contribution in [3.8, 4) is 11.1 Å². The van der Waals surface area contributed by atoms with E-state index in [1.54, 1.807) is 12.1 Å². The van der Waals surface area contributed by atoms with Gasteiger partial charge in [0.05, 0.1) is 18.3 Å². The predicted octanol–water partition coefficient (Wildman–Crippen LogP) is 3.25. The molecule has 0 saturated carbocycles. The highest BCUT2D eigenvalue weighted by Gasteiger charge is 2.25. The van der Waals surface area contributed by atoms with Crippen LogP contribution in [0, 0.1) is 10.1 Å². The Labute approximate surface area is 137 Å². The monoisotopic (exact) mass is 322 g/mol. The molecule has 0 atom stereocenters. The summed E-state index contributed by atoms with van der Waals surface area (Å²) in [5.74, 6) is -1.03. The molecule has 1 heterocycles. The van der Waals surface area contributed by atoms with Crippen molar-refractivity contribution in [2.24, 2.45) is 7.05 Å². The third kappa shape index (κ3) is 3.14. The quantitative estimate of drug-likeness (QED) is 0.589. The Morgan fingerprint density at radius 1 is 1.08 bits per heavy atom. The molecule has 0 unspecified atom stereocenters. The van der Waals surface area contributed by atoms with Crippen molar-refractivity contribution in [2.45, 2.75) is 0 Å². The summed E-state index contributed by atoms with van der Waals surface area (Å²) in [6.07, 6.45) is 1.33. The average molecular weight is 322 g/mol. The van der Waals surface area contributed by atoms with Crippen LogP contribution < -0.4 is 5.32 Å². The van der Waals surface area contributed by atoms with Gasteiger partial charge in [-0.05, 0) is 28.2 Å². The van der Waals surface area contributed by atoms with E-state index in [2.05, 4.69) is 10.4 Å². The van der Waals surface area contributed by atoms with Gasteiger partial charge in [-0.25, -0.2) is 0 Å². The summed E-state index contributed by atoms with van der Waals surface area (Å²) in [4.78, 5) is 22.5. The molecule has 2 aromatic carbocycles. The second-order valence-electron chi connectivity index (χ2n) is 5.19. The normalized spacial score (nSPS) is 10.4. The minimum atomic E-state index is -0.673. The summed E-state index contributed by atoms with van der Waals surface area (Å²) in [6.45, 7) is 0. The zero-order valence-corrected chi connectivity index (χ0v) is 12.8. The number of nitro groups is 1. The number of nitrogens with zero attached hydrogens (tertiary/aromatic N) is 3. The number of nitrogens with one attached hydrogen (secondary N) is 1. The summed E-state index contributed by atoms with van der Waals surface area (Å²) in [7, 11) is 1.53. The van der Waals surface area contributed by atoms with E-state index in [1.807, 2.05) is 42.5 Å². The minimum absolute atomic E-state index is 0.0744. The fourth-order valence-electron chi connectivity index (χ4n) is 2.35. The van der Waals surface area contributed by atoms with Crippen LogP contribution in [-0.4, -0.2) is 20.6 Å². The van der Waals surface area contributed by atoms with Gasteiger partial charge in [0.15, 0.2) is 5.56 Å². The molecule has 24 heavy (non-hydrogen) atoms. The van der Waals surface area contributed by atoms with Crippen molar-refractivity contribution in [2.75, 3.05) is 5.32 Å². The second kappa shape index (κ2) is 6.33. The lowest BCUT2D eigenvalue weighted by molar-refractivity contribution is -0.390. The second-order valence-corrected chi connectivity index (χ2v) is 5.19. The van der Waals surface area contributed by atoms with Crippen LogP contribution in [0.15, 0.2) is 60.8 Å². The lowest BCUT2D eigenvalue weighted by atomic mass is 10.1. The van der Waals surface area contributed by atoms with E-state index in [9.17, 15) is 14.9 Å². The minimum Gasteiger partial charge on any atom is -0.358 e. The molecule has 0 aliphatic carbocycles. The third-order valence-corrected chi connectivity index (χ3v) is 3.48. The zero-order valence-electron chi connectivity index (χ0n) is 12.8. The van der Waals surface area contributed by atoms with Crippen molar-refractivity contribution in [3.05, 3.63) is 76.5 Å². The van der Waals surface area contributed by atoms with Gasteiger partial charge in [-0.1, -0.05) is 42.5 Å². The van der Waals surface area contributed by atoms with E-state index in [4.69, 9.17) is 0 Å². The van der Waals surface area contributed by atoms with Gasteiger partial charge >= 0.3 is 5.82 Å². The van der Waals surface area contributed by atoms with Crippen molar-refractivity contribution in [1.29, 1.82) is 0 Å². The molecule has 1 aromatic heterocycles. The number of aromatic nitrogens is 2. The van der Waals surface area contributed by atoms with E-state index in [1.165, 1.54) is 17.9 Å². The number of carbonyl (C=O) groups is 1. The molecule has 120 valence electrons. The lowest BCUT2D eigenvalue weighted by Crippen LogP contribution is -2.12. The molecule has 1 N–H and O–H groups in total. The lowest BCUT2D eigenvalue weighted by Gasteiger charge is -2.06. The number of aryl methyl sites for hydroxylation is 1. The number of rotatable bonds is 4. The van der Waals surface area contributed by atoms with Crippen molar-refractivity contribution < 1.29 is 9.72 Å². The van der Waals surface area contributed by atoms with Gasteiger partial charge in [0.1, 0.15) is 0 Å². The number of carbonyl (C=O) groups excluding carboxylic acids is 1. The fourth-order valence-corrected chi connectivity index (χ4v) is 2.35. The molecule has 3 aromatic rings. The average Bonchev–Trinajstić information content (AvgIpc) is 2.99. The summed E-state index contributed by atoms with van der Waals surface area (Å²) in [5, 5.41) is 17.3. The molecular formula is C17H14N4O3. The molecule has 0 fully saturated rings. The Hall–Kier alpha value is -3.48. The molecule has 0 bridgehead atoms. The maximum Gasteiger partial charge on any atom is 0.402 e. The summed E-state index contributed by atoms with van der Waals surface area (Å²) < 4.78 is 1.24. The molecular weight excluding hydrogens is 308 g/mol. The van der Waals surface area contributed by atoms with Crippen molar-refractivity contribution >= 4 is 17.4 Å². The zero-order chi connectivity index (χ0) is 17.1. The van der Waals surface area contributed by atoms with Crippen molar-refractivity contribution in [3.63, 3.8) is 0 Å². The Balaban J connectivity index is 1.79. The van der Waals surface area contributed by atoms with Crippen LogP contribution in [0.1, 0.15) is 10.4 Å². The van der Waals surface area contributed by atoms with E-state index in [0.29, 0.717) is 5.69 Å². The molecule has 7 heteroatoms.